The number of benzene rings is 2. The third kappa shape index (κ3) is 3.76. The molecule has 0 bridgehead atoms. The molecule has 1 aliphatic carbocycles. The zero-order valence-electron chi connectivity index (χ0n) is 15.9. The van der Waals surface area contributed by atoms with Gasteiger partial charge in [0.1, 0.15) is 23.0 Å². The second kappa shape index (κ2) is 7.72. The molecular weight excluding hydrogens is 382 g/mol. The van der Waals surface area contributed by atoms with Gasteiger partial charge in [-0.15, -0.1) is 11.3 Å². The van der Waals surface area contributed by atoms with E-state index in [0.717, 1.165) is 46.5 Å². The Kier molecular flexibility index (Phi) is 4.77. The Morgan fingerprint density at radius 3 is 2.72 bits per heavy atom. The van der Waals surface area contributed by atoms with E-state index in [4.69, 9.17) is 4.74 Å². The van der Waals surface area contributed by atoms with Crippen LogP contribution >= 0.6 is 11.3 Å². The number of nitrogens with one attached hydrogen (secondary N) is 2. The van der Waals surface area contributed by atoms with Gasteiger partial charge in [-0.2, -0.15) is 0 Å². The lowest BCUT2D eigenvalue weighted by Crippen LogP contribution is -2.14. The Bertz CT molecular complexity index is 1200. The molecule has 0 saturated heterocycles. The molecule has 0 fully saturated rings. The smallest absolute Gasteiger partial charge is 0.259 e. The lowest BCUT2D eigenvalue weighted by molar-refractivity contribution is 0.306. The molecule has 2 N–H and O–H groups in total. The van der Waals surface area contributed by atoms with Gasteiger partial charge >= 0.3 is 0 Å². The van der Waals surface area contributed by atoms with Crippen LogP contribution in [0.4, 0.5) is 5.69 Å². The summed E-state index contributed by atoms with van der Waals surface area (Å²) in [5.74, 6) is 1.48. The van der Waals surface area contributed by atoms with Crippen LogP contribution in [0.2, 0.25) is 0 Å². The Morgan fingerprint density at radius 1 is 1.07 bits per heavy atom. The van der Waals surface area contributed by atoms with Crippen LogP contribution in [0, 0.1) is 0 Å². The van der Waals surface area contributed by atoms with E-state index in [1.807, 2.05) is 54.6 Å². The largest absolute Gasteiger partial charge is 0.489 e. The van der Waals surface area contributed by atoms with E-state index in [2.05, 4.69) is 15.3 Å². The predicted molar refractivity (Wildman–Crippen MR) is 117 cm³/mol. The maximum Gasteiger partial charge on any atom is 0.259 e. The van der Waals surface area contributed by atoms with Crippen molar-refractivity contribution in [1.29, 1.82) is 0 Å². The van der Waals surface area contributed by atoms with Crippen LogP contribution in [-0.4, -0.2) is 9.97 Å². The fourth-order valence-corrected chi connectivity index (χ4v) is 5.01. The number of aromatic nitrogens is 2. The summed E-state index contributed by atoms with van der Waals surface area (Å²) in [6, 6.07) is 17.9. The Balaban J connectivity index is 1.24. The average Bonchev–Trinajstić information content (AvgIpc) is 3.33. The number of fused-ring (bicyclic) bond motifs is 3. The lowest BCUT2D eigenvalue weighted by Gasteiger charge is -2.09. The molecule has 146 valence electrons. The third-order valence-electron chi connectivity index (χ3n) is 5.19. The summed E-state index contributed by atoms with van der Waals surface area (Å²) in [5, 5.41) is 4.12. The topological polar surface area (TPSA) is 67.0 Å². The van der Waals surface area contributed by atoms with Gasteiger partial charge in [-0.05, 0) is 54.7 Å². The molecule has 0 unspecified atom stereocenters. The van der Waals surface area contributed by atoms with Crippen LogP contribution in [0.1, 0.15) is 28.2 Å². The number of H-pyrrole nitrogens is 1. The first-order valence-electron chi connectivity index (χ1n) is 9.80. The van der Waals surface area contributed by atoms with Crippen LogP contribution in [0.25, 0.3) is 10.2 Å². The first-order chi connectivity index (χ1) is 14.3. The number of hydrogen-bond donors (Lipinski definition) is 2. The molecule has 5 nitrogen and oxygen atoms in total. The average molecular weight is 404 g/mol. The van der Waals surface area contributed by atoms with Gasteiger partial charge < -0.3 is 15.0 Å². The molecule has 0 saturated carbocycles. The van der Waals surface area contributed by atoms with E-state index in [1.165, 1.54) is 10.4 Å². The molecule has 29 heavy (non-hydrogen) atoms. The number of aryl methyl sites for hydroxylation is 2. The highest BCUT2D eigenvalue weighted by Gasteiger charge is 2.20. The Hall–Kier alpha value is -3.12. The zero-order chi connectivity index (χ0) is 19.6. The quantitative estimate of drug-likeness (QED) is 0.491. The molecule has 0 radical (unpaired) electrons. The molecule has 6 heteroatoms. The Labute approximate surface area is 172 Å². The van der Waals surface area contributed by atoms with Crippen molar-refractivity contribution in [3.05, 3.63) is 86.8 Å². The van der Waals surface area contributed by atoms with Crippen LogP contribution in [0.5, 0.6) is 5.75 Å². The fraction of sp³-hybridized carbons (Fsp3) is 0.217. The van der Waals surface area contributed by atoms with E-state index in [0.29, 0.717) is 19.0 Å². The van der Waals surface area contributed by atoms with Crippen LogP contribution in [0.3, 0.4) is 0 Å². The molecule has 0 atom stereocenters. The molecule has 4 aromatic rings. The molecule has 2 aromatic heterocycles. The molecule has 0 spiro atoms. The number of thiophene rings is 1. The number of ether oxygens (including phenoxy) is 1. The third-order valence-corrected chi connectivity index (χ3v) is 6.37. The van der Waals surface area contributed by atoms with Crippen molar-refractivity contribution in [3.8, 4) is 5.75 Å². The normalized spacial score (nSPS) is 12.8. The van der Waals surface area contributed by atoms with Gasteiger partial charge in [-0.25, -0.2) is 4.98 Å². The zero-order valence-corrected chi connectivity index (χ0v) is 16.7. The SMILES string of the molecule is O=c1[nH]c(CNc2ccc(OCc3ccccc3)cc2)nc2sc3c(c12)CCC3. The summed E-state index contributed by atoms with van der Waals surface area (Å²) in [4.78, 5) is 22.3. The molecular formula is C23H21N3O2S. The maximum absolute atomic E-state index is 12.5. The van der Waals surface area contributed by atoms with E-state index >= 15 is 0 Å². The summed E-state index contributed by atoms with van der Waals surface area (Å²) in [5.41, 5.74) is 3.29. The van der Waals surface area contributed by atoms with Gasteiger partial charge in [0.25, 0.3) is 5.56 Å². The van der Waals surface area contributed by atoms with Crippen molar-refractivity contribution in [1.82, 2.24) is 9.97 Å². The lowest BCUT2D eigenvalue weighted by atomic mass is 10.2. The minimum absolute atomic E-state index is 0.0177. The summed E-state index contributed by atoms with van der Waals surface area (Å²) in [6.45, 7) is 1.02. The van der Waals surface area contributed by atoms with Crippen molar-refractivity contribution >= 4 is 27.2 Å². The monoisotopic (exact) mass is 403 g/mol. The van der Waals surface area contributed by atoms with E-state index in [-0.39, 0.29) is 5.56 Å². The second-order valence-corrected chi connectivity index (χ2v) is 8.29. The molecule has 1 aliphatic rings. The summed E-state index contributed by atoms with van der Waals surface area (Å²) in [6.07, 6.45) is 3.21. The van der Waals surface area contributed by atoms with Crippen molar-refractivity contribution in [3.63, 3.8) is 0 Å². The van der Waals surface area contributed by atoms with Crippen molar-refractivity contribution in [2.24, 2.45) is 0 Å². The standard InChI is InChI=1S/C23H21N3O2S/c27-22-21-18-7-4-8-19(18)29-23(21)26-20(25-22)13-24-16-9-11-17(12-10-16)28-14-15-5-2-1-3-6-15/h1-3,5-6,9-12,24H,4,7-8,13-14H2,(H,25,26,27). The van der Waals surface area contributed by atoms with E-state index in [9.17, 15) is 4.79 Å². The number of hydrogen-bond acceptors (Lipinski definition) is 5. The summed E-state index contributed by atoms with van der Waals surface area (Å²) < 4.78 is 5.82. The van der Waals surface area contributed by atoms with Gasteiger partial charge in [0, 0.05) is 10.6 Å². The molecule has 5 rings (SSSR count). The maximum atomic E-state index is 12.5. The Morgan fingerprint density at radius 2 is 1.90 bits per heavy atom. The van der Waals surface area contributed by atoms with Gasteiger partial charge in [0.05, 0.1) is 11.9 Å². The minimum atomic E-state index is -0.0177. The molecule has 2 heterocycles. The van der Waals surface area contributed by atoms with E-state index < -0.39 is 0 Å². The van der Waals surface area contributed by atoms with Gasteiger partial charge in [0.15, 0.2) is 0 Å². The first kappa shape index (κ1) is 17.9. The summed E-state index contributed by atoms with van der Waals surface area (Å²) in [7, 11) is 0. The second-order valence-electron chi connectivity index (χ2n) is 7.20. The number of aromatic amines is 1. The number of nitrogens with zero attached hydrogens (tertiary/aromatic N) is 1. The fourth-order valence-electron chi connectivity index (χ4n) is 3.73. The molecule has 0 amide bonds. The molecule has 2 aromatic carbocycles. The number of rotatable bonds is 6. The summed E-state index contributed by atoms with van der Waals surface area (Å²) >= 11 is 1.67. The van der Waals surface area contributed by atoms with Crippen molar-refractivity contribution in [2.75, 3.05) is 5.32 Å². The number of anilines is 1. The van der Waals surface area contributed by atoms with Gasteiger partial charge in [-0.3, -0.25) is 4.79 Å². The van der Waals surface area contributed by atoms with Gasteiger partial charge in [-0.1, -0.05) is 30.3 Å². The van der Waals surface area contributed by atoms with Crippen LogP contribution < -0.4 is 15.6 Å². The minimum Gasteiger partial charge on any atom is -0.489 e. The van der Waals surface area contributed by atoms with E-state index in [1.54, 1.807) is 11.3 Å². The highest BCUT2D eigenvalue weighted by Crippen LogP contribution is 2.34. The van der Waals surface area contributed by atoms with Crippen molar-refractivity contribution < 1.29 is 4.74 Å². The van der Waals surface area contributed by atoms with Crippen LogP contribution in [-0.2, 0) is 26.0 Å². The van der Waals surface area contributed by atoms with Crippen LogP contribution in [0.15, 0.2) is 59.4 Å². The highest BCUT2D eigenvalue weighted by atomic mass is 32.1. The highest BCUT2D eigenvalue weighted by molar-refractivity contribution is 7.18. The van der Waals surface area contributed by atoms with Gasteiger partial charge in [0.2, 0.25) is 0 Å². The predicted octanol–water partition coefficient (Wildman–Crippen LogP) is 4.66. The molecule has 0 aliphatic heterocycles. The van der Waals surface area contributed by atoms with Crippen molar-refractivity contribution in [2.45, 2.75) is 32.4 Å². The first-order valence-corrected chi connectivity index (χ1v) is 10.6.